The van der Waals surface area contributed by atoms with E-state index in [2.05, 4.69) is 31.1 Å². The Kier molecular flexibility index (Phi) is 4.45. The molecule has 0 saturated heterocycles. The molecule has 0 atom stereocenters. The monoisotopic (exact) mass is 374 g/mol. The molecule has 2 rings (SSSR count). The maximum atomic E-state index is 13.5. The highest BCUT2D eigenvalue weighted by Gasteiger charge is 2.20. The highest BCUT2D eigenvalue weighted by atomic mass is 79.9. The minimum atomic E-state index is -3.96. The summed E-state index contributed by atoms with van der Waals surface area (Å²) >= 11 is 3.14. The van der Waals surface area contributed by atoms with Gasteiger partial charge in [0.25, 0.3) is 10.0 Å². The van der Waals surface area contributed by atoms with Crippen molar-refractivity contribution in [2.75, 3.05) is 10.1 Å². The molecule has 0 bridgehead atoms. The summed E-state index contributed by atoms with van der Waals surface area (Å²) in [5, 5.41) is 0. The first-order chi connectivity index (χ1) is 9.83. The number of aromatic nitrogens is 1. The van der Waals surface area contributed by atoms with Crippen LogP contribution < -0.4 is 16.0 Å². The van der Waals surface area contributed by atoms with Crippen LogP contribution in [0.4, 0.5) is 15.9 Å². The first-order valence-electron chi connectivity index (χ1n) is 5.74. The molecule has 4 N–H and O–H groups in total. The van der Waals surface area contributed by atoms with Gasteiger partial charge in [0, 0.05) is 10.7 Å². The SMILES string of the molecule is Cc1ccc(NS(=O)(=O)c2cc(Br)cnc2NN)cc1F. The van der Waals surface area contributed by atoms with E-state index < -0.39 is 15.8 Å². The van der Waals surface area contributed by atoms with Crippen molar-refractivity contribution < 1.29 is 12.8 Å². The van der Waals surface area contributed by atoms with Crippen LogP contribution in [0.15, 0.2) is 39.8 Å². The van der Waals surface area contributed by atoms with Gasteiger partial charge < -0.3 is 5.43 Å². The zero-order chi connectivity index (χ0) is 15.6. The Morgan fingerprint density at radius 3 is 2.67 bits per heavy atom. The van der Waals surface area contributed by atoms with E-state index in [1.807, 2.05) is 0 Å². The smallest absolute Gasteiger partial charge is 0.265 e. The summed E-state index contributed by atoms with van der Waals surface area (Å²) in [5.41, 5.74) is 2.74. The maximum Gasteiger partial charge on any atom is 0.265 e. The molecule has 0 saturated carbocycles. The van der Waals surface area contributed by atoms with E-state index in [0.717, 1.165) is 6.07 Å². The zero-order valence-corrected chi connectivity index (χ0v) is 13.3. The van der Waals surface area contributed by atoms with Crippen molar-refractivity contribution in [2.24, 2.45) is 5.84 Å². The zero-order valence-electron chi connectivity index (χ0n) is 10.9. The number of hydrazine groups is 1. The van der Waals surface area contributed by atoms with Gasteiger partial charge in [-0.15, -0.1) is 0 Å². The number of aryl methyl sites for hydroxylation is 1. The predicted molar refractivity (Wildman–Crippen MR) is 81.7 cm³/mol. The van der Waals surface area contributed by atoms with E-state index >= 15 is 0 Å². The Hall–Kier alpha value is -1.71. The standard InChI is InChI=1S/C12H12BrFN4O2S/c1-7-2-3-9(5-10(7)14)18-21(19,20)11-4-8(13)6-16-12(11)17-15/h2-6,18H,15H2,1H3,(H,16,17). The van der Waals surface area contributed by atoms with Crippen molar-refractivity contribution in [1.29, 1.82) is 0 Å². The molecule has 0 amide bonds. The normalized spacial score (nSPS) is 11.2. The average Bonchev–Trinajstić information content (AvgIpc) is 2.42. The quantitative estimate of drug-likeness (QED) is 0.563. The predicted octanol–water partition coefficient (Wildman–Crippen LogP) is 2.38. The Bertz CT molecular complexity index is 783. The number of nitrogens with zero attached hydrogens (tertiary/aromatic N) is 1. The van der Waals surface area contributed by atoms with Crippen LogP contribution in [0.2, 0.25) is 0 Å². The van der Waals surface area contributed by atoms with Crippen LogP contribution in [0.1, 0.15) is 5.56 Å². The number of nitrogen functional groups attached to an aromatic ring is 1. The van der Waals surface area contributed by atoms with Crippen molar-refractivity contribution >= 4 is 37.5 Å². The molecule has 1 aromatic heterocycles. The summed E-state index contributed by atoms with van der Waals surface area (Å²) in [6.07, 6.45) is 1.40. The number of hydrogen-bond donors (Lipinski definition) is 3. The lowest BCUT2D eigenvalue weighted by Crippen LogP contribution is -2.18. The first-order valence-corrected chi connectivity index (χ1v) is 8.02. The summed E-state index contributed by atoms with van der Waals surface area (Å²) in [4.78, 5) is 3.71. The number of nitrogens with one attached hydrogen (secondary N) is 2. The van der Waals surface area contributed by atoms with E-state index in [1.165, 1.54) is 24.4 Å². The second-order valence-corrected chi connectivity index (χ2v) is 6.78. The lowest BCUT2D eigenvalue weighted by atomic mass is 10.2. The lowest BCUT2D eigenvalue weighted by Gasteiger charge is -2.12. The number of rotatable bonds is 4. The second-order valence-electron chi connectivity index (χ2n) is 4.21. The number of nitrogens with two attached hydrogens (primary N) is 1. The molecule has 9 heteroatoms. The minimum absolute atomic E-state index is 0.0155. The van der Waals surface area contributed by atoms with Crippen LogP contribution in [-0.2, 0) is 10.0 Å². The Labute approximate surface area is 129 Å². The summed E-state index contributed by atoms with van der Waals surface area (Å²) in [7, 11) is -3.96. The third-order valence-corrected chi connectivity index (χ3v) is 4.50. The summed E-state index contributed by atoms with van der Waals surface area (Å²) in [6.45, 7) is 1.59. The van der Waals surface area contributed by atoms with Gasteiger partial charge in [-0.05, 0) is 46.6 Å². The van der Waals surface area contributed by atoms with E-state index in [-0.39, 0.29) is 16.4 Å². The van der Waals surface area contributed by atoms with E-state index in [0.29, 0.717) is 10.0 Å². The molecule has 0 aliphatic heterocycles. The summed E-state index contributed by atoms with van der Waals surface area (Å²) in [5.74, 6) is 4.74. The summed E-state index contributed by atoms with van der Waals surface area (Å²) < 4.78 is 40.9. The largest absolute Gasteiger partial charge is 0.307 e. The third kappa shape index (κ3) is 3.49. The molecular weight excluding hydrogens is 363 g/mol. The first kappa shape index (κ1) is 15.7. The number of halogens is 2. The summed E-state index contributed by atoms with van der Waals surface area (Å²) in [6, 6.07) is 5.40. The van der Waals surface area contributed by atoms with Gasteiger partial charge in [-0.1, -0.05) is 6.07 Å². The van der Waals surface area contributed by atoms with Crippen molar-refractivity contribution in [2.45, 2.75) is 11.8 Å². The van der Waals surface area contributed by atoms with Gasteiger partial charge in [0.05, 0.1) is 5.69 Å². The van der Waals surface area contributed by atoms with Crippen molar-refractivity contribution in [3.63, 3.8) is 0 Å². The van der Waals surface area contributed by atoms with Gasteiger partial charge in [0.2, 0.25) is 0 Å². The highest BCUT2D eigenvalue weighted by Crippen LogP contribution is 2.25. The molecule has 0 unspecified atom stereocenters. The maximum absolute atomic E-state index is 13.5. The van der Waals surface area contributed by atoms with Gasteiger partial charge >= 0.3 is 0 Å². The van der Waals surface area contributed by atoms with E-state index in [1.54, 1.807) is 6.92 Å². The fraction of sp³-hybridized carbons (Fsp3) is 0.0833. The third-order valence-electron chi connectivity index (χ3n) is 2.67. The molecule has 0 spiro atoms. The molecule has 0 aliphatic carbocycles. The number of anilines is 2. The van der Waals surface area contributed by atoms with Crippen LogP contribution in [0.3, 0.4) is 0 Å². The molecule has 21 heavy (non-hydrogen) atoms. The van der Waals surface area contributed by atoms with E-state index in [9.17, 15) is 12.8 Å². The van der Waals surface area contributed by atoms with Crippen LogP contribution in [-0.4, -0.2) is 13.4 Å². The number of sulfonamides is 1. The van der Waals surface area contributed by atoms with E-state index in [4.69, 9.17) is 5.84 Å². The number of hydrogen-bond acceptors (Lipinski definition) is 5. The Balaban J connectivity index is 2.42. The molecule has 1 heterocycles. The van der Waals surface area contributed by atoms with Crippen LogP contribution >= 0.6 is 15.9 Å². The highest BCUT2D eigenvalue weighted by molar-refractivity contribution is 9.10. The minimum Gasteiger partial charge on any atom is -0.307 e. The molecule has 0 fully saturated rings. The van der Waals surface area contributed by atoms with Gasteiger partial charge in [-0.2, -0.15) is 0 Å². The molecule has 112 valence electrons. The molecular formula is C12H12BrFN4O2S. The average molecular weight is 375 g/mol. The molecule has 2 aromatic rings. The van der Waals surface area contributed by atoms with Crippen molar-refractivity contribution in [3.05, 3.63) is 46.3 Å². The molecule has 6 nitrogen and oxygen atoms in total. The Morgan fingerprint density at radius 1 is 1.33 bits per heavy atom. The van der Waals surface area contributed by atoms with Gasteiger partial charge in [-0.3, -0.25) is 4.72 Å². The van der Waals surface area contributed by atoms with Crippen LogP contribution in [0.25, 0.3) is 0 Å². The topological polar surface area (TPSA) is 97.1 Å². The van der Waals surface area contributed by atoms with Crippen molar-refractivity contribution in [3.8, 4) is 0 Å². The van der Waals surface area contributed by atoms with Crippen LogP contribution in [0.5, 0.6) is 0 Å². The number of pyridine rings is 1. The molecule has 1 aromatic carbocycles. The second kappa shape index (κ2) is 5.96. The van der Waals surface area contributed by atoms with Gasteiger partial charge in [-0.25, -0.2) is 23.6 Å². The Morgan fingerprint density at radius 2 is 2.05 bits per heavy atom. The van der Waals surface area contributed by atoms with Gasteiger partial charge in [0.15, 0.2) is 5.82 Å². The molecule has 0 radical (unpaired) electrons. The number of benzene rings is 1. The molecule has 0 aliphatic rings. The van der Waals surface area contributed by atoms with Gasteiger partial charge in [0.1, 0.15) is 10.7 Å². The van der Waals surface area contributed by atoms with Crippen molar-refractivity contribution in [1.82, 2.24) is 4.98 Å². The van der Waals surface area contributed by atoms with Crippen LogP contribution in [0, 0.1) is 12.7 Å². The lowest BCUT2D eigenvalue weighted by molar-refractivity contribution is 0.600. The fourth-order valence-corrected chi connectivity index (χ4v) is 3.28. The fourth-order valence-electron chi connectivity index (χ4n) is 1.60.